The predicted molar refractivity (Wildman–Crippen MR) is 66.9 cm³/mol. The van der Waals surface area contributed by atoms with Crippen LogP contribution in [0, 0.1) is 5.82 Å². The summed E-state index contributed by atoms with van der Waals surface area (Å²) in [7, 11) is 1.54. The molecule has 2 aromatic carbocycles. The first-order chi connectivity index (χ1) is 8.61. The molecule has 0 fully saturated rings. The van der Waals surface area contributed by atoms with E-state index >= 15 is 0 Å². The highest BCUT2D eigenvalue weighted by Crippen LogP contribution is 2.28. The van der Waals surface area contributed by atoms with E-state index in [-0.39, 0.29) is 5.82 Å². The zero-order chi connectivity index (χ0) is 13.1. The Labute approximate surface area is 104 Å². The number of rotatable bonds is 3. The van der Waals surface area contributed by atoms with E-state index in [0.29, 0.717) is 22.4 Å². The first-order valence-corrected chi connectivity index (χ1v) is 5.35. The minimum absolute atomic E-state index is 0.331. The minimum atomic E-state index is -0.531. The summed E-state index contributed by atoms with van der Waals surface area (Å²) >= 11 is 0. The Morgan fingerprint density at radius 1 is 1.17 bits per heavy atom. The third kappa shape index (κ3) is 2.32. The Balaban J connectivity index is 2.59. The Bertz CT molecular complexity index is 579. The smallest absolute Gasteiger partial charge is 0.249 e. The van der Waals surface area contributed by atoms with Crippen LogP contribution in [-0.2, 0) is 0 Å². The molecule has 1 amide bonds. The van der Waals surface area contributed by atoms with E-state index in [9.17, 15) is 9.18 Å². The monoisotopic (exact) mass is 245 g/mol. The highest BCUT2D eigenvalue weighted by molar-refractivity contribution is 6.00. The molecule has 0 saturated carbocycles. The lowest BCUT2D eigenvalue weighted by Crippen LogP contribution is -2.12. The maximum atomic E-state index is 12.9. The molecule has 2 aromatic rings. The second-order valence-corrected chi connectivity index (χ2v) is 3.78. The summed E-state index contributed by atoms with van der Waals surface area (Å²) in [6.45, 7) is 0. The molecule has 0 aliphatic rings. The van der Waals surface area contributed by atoms with Gasteiger partial charge in [0.2, 0.25) is 5.91 Å². The molecule has 0 atom stereocenters. The molecule has 0 aliphatic carbocycles. The zero-order valence-corrected chi connectivity index (χ0v) is 9.81. The minimum Gasteiger partial charge on any atom is -0.497 e. The number of carbonyl (C=O) groups is 1. The molecule has 0 unspecified atom stereocenters. The quantitative estimate of drug-likeness (QED) is 0.903. The zero-order valence-electron chi connectivity index (χ0n) is 9.81. The van der Waals surface area contributed by atoms with Crippen molar-refractivity contribution >= 4 is 5.91 Å². The Morgan fingerprint density at radius 2 is 1.83 bits per heavy atom. The third-order valence-corrected chi connectivity index (χ3v) is 2.65. The Kier molecular flexibility index (Phi) is 3.28. The van der Waals surface area contributed by atoms with Crippen molar-refractivity contribution in [3.8, 4) is 16.9 Å². The van der Waals surface area contributed by atoms with Crippen LogP contribution in [0.2, 0.25) is 0 Å². The van der Waals surface area contributed by atoms with Crippen molar-refractivity contribution in [3.05, 3.63) is 53.8 Å². The predicted octanol–water partition coefficient (Wildman–Crippen LogP) is 2.60. The van der Waals surface area contributed by atoms with E-state index in [4.69, 9.17) is 10.5 Å². The van der Waals surface area contributed by atoms with Crippen molar-refractivity contribution in [2.75, 3.05) is 7.11 Å². The average molecular weight is 245 g/mol. The van der Waals surface area contributed by atoms with Crippen LogP contribution in [-0.4, -0.2) is 13.0 Å². The molecule has 0 aromatic heterocycles. The molecule has 4 heteroatoms. The first kappa shape index (κ1) is 12.1. The van der Waals surface area contributed by atoms with Gasteiger partial charge < -0.3 is 10.5 Å². The van der Waals surface area contributed by atoms with Gasteiger partial charge in [-0.2, -0.15) is 0 Å². The van der Waals surface area contributed by atoms with Gasteiger partial charge in [-0.25, -0.2) is 4.39 Å². The molecule has 2 rings (SSSR count). The summed E-state index contributed by atoms with van der Waals surface area (Å²) in [6.07, 6.45) is 0. The molecule has 2 N–H and O–H groups in total. The van der Waals surface area contributed by atoms with Gasteiger partial charge in [-0.1, -0.05) is 12.1 Å². The number of benzene rings is 2. The summed E-state index contributed by atoms with van der Waals surface area (Å²) in [6, 6.07) is 10.8. The summed E-state index contributed by atoms with van der Waals surface area (Å²) in [5.74, 6) is -0.251. The lowest BCUT2D eigenvalue weighted by molar-refractivity contribution is 0.100. The van der Waals surface area contributed by atoms with Crippen LogP contribution in [0.4, 0.5) is 4.39 Å². The molecule has 3 nitrogen and oxygen atoms in total. The molecular weight excluding hydrogens is 233 g/mol. The van der Waals surface area contributed by atoms with Crippen LogP contribution in [0.3, 0.4) is 0 Å². The molecule has 0 bridgehead atoms. The Morgan fingerprint density at radius 3 is 2.39 bits per heavy atom. The van der Waals surface area contributed by atoms with Gasteiger partial charge in [-0.3, -0.25) is 4.79 Å². The van der Waals surface area contributed by atoms with E-state index in [1.54, 1.807) is 30.3 Å². The van der Waals surface area contributed by atoms with Gasteiger partial charge in [0.25, 0.3) is 0 Å². The SMILES string of the molecule is COc1ccc(C(N)=O)c(-c2ccc(F)cc2)c1. The summed E-state index contributed by atoms with van der Waals surface area (Å²) in [5.41, 5.74) is 7.04. The molecule has 0 aliphatic heterocycles. The number of halogens is 1. The number of amides is 1. The first-order valence-electron chi connectivity index (χ1n) is 5.35. The second-order valence-electron chi connectivity index (χ2n) is 3.78. The molecule has 18 heavy (non-hydrogen) atoms. The van der Waals surface area contributed by atoms with Gasteiger partial charge >= 0.3 is 0 Å². The van der Waals surface area contributed by atoms with Crippen LogP contribution in [0.5, 0.6) is 5.75 Å². The van der Waals surface area contributed by atoms with Gasteiger partial charge in [-0.05, 0) is 41.5 Å². The van der Waals surface area contributed by atoms with E-state index in [1.807, 2.05) is 0 Å². The van der Waals surface area contributed by atoms with E-state index < -0.39 is 5.91 Å². The van der Waals surface area contributed by atoms with Crippen molar-refractivity contribution in [2.24, 2.45) is 5.73 Å². The van der Waals surface area contributed by atoms with Crippen molar-refractivity contribution in [2.45, 2.75) is 0 Å². The standard InChI is InChI=1S/C14H12FNO2/c1-18-11-6-7-12(14(16)17)13(8-11)9-2-4-10(15)5-3-9/h2-8H,1H3,(H2,16,17). The maximum Gasteiger partial charge on any atom is 0.249 e. The summed E-state index contributed by atoms with van der Waals surface area (Å²) < 4.78 is 18.0. The molecule has 0 spiro atoms. The molecule has 92 valence electrons. The number of carbonyl (C=O) groups excluding carboxylic acids is 1. The number of nitrogens with two attached hydrogens (primary N) is 1. The topological polar surface area (TPSA) is 52.3 Å². The molecule has 0 heterocycles. The highest BCUT2D eigenvalue weighted by atomic mass is 19.1. The highest BCUT2D eigenvalue weighted by Gasteiger charge is 2.11. The van der Waals surface area contributed by atoms with E-state index in [2.05, 4.69) is 0 Å². The summed E-state index contributed by atoms with van der Waals surface area (Å²) in [4.78, 5) is 11.4. The van der Waals surface area contributed by atoms with E-state index in [0.717, 1.165) is 0 Å². The lowest BCUT2D eigenvalue weighted by atomic mass is 9.99. The van der Waals surface area contributed by atoms with Crippen LogP contribution in [0.1, 0.15) is 10.4 Å². The normalized spacial score (nSPS) is 10.1. The number of ether oxygens (including phenoxy) is 1. The number of hydrogen-bond acceptors (Lipinski definition) is 2. The van der Waals surface area contributed by atoms with Gasteiger partial charge in [0.05, 0.1) is 7.11 Å². The van der Waals surface area contributed by atoms with Gasteiger partial charge in [-0.15, -0.1) is 0 Å². The van der Waals surface area contributed by atoms with Crippen LogP contribution in [0.15, 0.2) is 42.5 Å². The number of hydrogen-bond donors (Lipinski definition) is 1. The maximum absolute atomic E-state index is 12.9. The van der Waals surface area contributed by atoms with Gasteiger partial charge in [0.1, 0.15) is 11.6 Å². The lowest BCUT2D eigenvalue weighted by Gasteiger charge is -2.09. The van der Waals surface area contributed by atoms with Crippen molar-refractivity contribution < 1.29 is 13.9 Å². The van der Waals surface area contributed by atoms with Crippen molar-refractivity contribution in [3.63, 3.8) is 0 Å². The van der Waals surface area contributed by atoms with Crippen LogP contribution in [0.25, 0.3) is 11.1 Å². The molecular formula is C14H12FNO2. The fourth-order valence-electron chi connectivity index (χ4n) is 1.73. The Hall–Kier alpha value is -2.36. The average Bonchev–Trinajstić information content (AvgIpc) is 2.38. The number of primary amides is 1. The van der Waals surface area contributed by atoms with Gasteiger partial charge in [0, 0.05) is 5.56 Å². The molecule has 0 radical (unpaired) electrons. The van der Waals surface area contributed by atoms with Gasteiger partial charge in [0.15, 0.2) is 0 Å². The van der Waals surface area contributed by atoms with Crippen LogP contribution >= 0.6 is 0 Å². The fourth-order valence-corrected chi connectivity index (χ4v) is 1.73. The second kappa shape index (κ2) is 4.87. The fraction of sp³-hybridized carbons (Fsp3) is 0.0714. The largest absolute Gasteiger partial charge is 0.497 e. The third-order valence-electron chi connectivity index (χ3n) is 2.65. The molecule has 0 saturated heterocycles. The van der Waals surface area contributed by atoms with Crippen LogP contribution < -0.4 is 10.5 Å². The van der Waals surface area contributed by atoms with E-state index in [1.165, 1.54) is 19.2 Å². The summed E-state index contributed by atoms with van der Waals surface area (Å²) in [5, 5.41) is 0. The van der Waals surface area contributed by atoms with Crippen molar-refractivity contribution in [1.82, 2.24) is 0 Å². The van der Waals surface area contributed by atoms with Crippen molar-refractivity contribution in [1.29, 1.82) is 0 Å². The number of methoxy groups -OCH3 is 1.